The first kappa shape index (κ1) is 16.0. The Kier molecular flexibility index (Phi) is 4.81. The van der Waals surface area contributed by atoms with E-state index in [0.717, 1.165) is 27.5 Å². The van der Waals surface area contributed by atoms with Crippen molar-refractivity contribution in [2.24, 2.45) is 5.73 Å². The van der Waals surface area contributed by atoms with E-state index in [2.05, 4.69) is 6.58 Å². The second-order valence-corrected chi connectivity index (χ2v) is 5.42. The van der Waals surface area contributed by atoms with Gasteiger partial charge >= 0.3 is 5.97 Å². The van der Waals surface area contributed by atoms with E-state index in [9.17, 15) is 9.18 Å². The predicted molar refractivity (Wildman–Crippen MR) is 86.0 cm³/mol. The van der Waals surface area contributed by atoms with Crippen molar-refractivity contribution in [2.75, 3.05) is 7.11 Å². The van der Waals surface area contributed by atoms with E-state index in [4.69, 9.17) is 10.5 Å². The lowest BCUT2D eigenvalue weighted by Crippen LogP contribution is -2.08. The maximum Gasteiger partial charge on any atom is 0.309 e. The van der Waals surface area contributed by atoms with E-state index in [1.165, 1.54) is 19.2 Å². The molecule has 0 saturated heterocycles. The molecule has 2 aromatic rings. The van der Waals surface area contributed by atoms with Crippen LogP contribution in [-0.2, 0) is 22.4 Å². The topological polar surface area (TPSA) is 52.3 Å². The molecule has 0 aliphatic carbocycles. The van der Waals surface area contributed by atoms with E-state index >= 15 is 0 Å². The van der Waals surface area contributed by atoms with Gasteiger partial charge in [-0.2, -0.15) is 0 Å². The minimum absolute atomic E-state index is 0.201. The third-order valence-electron chi connectivity index (χ3n) is 3.86. The first-order valence-corrected chi connectivity index (χ1v) is 7.13. The molecule has 0 radical (unpaired) electrons. The highest BCUT2D eigenvalue weighted by molar-refractivity contribution is 5.89. The molecule has 0 aliphatic rings. The van der Waals surface area contributed by atoms with Crippen molar-refractivity contribution in [2.45, 2.75) is 26.2 Å². The molecule has 0 heterocycles. The molecule has 0 aliphatic heterocycles. The summed E-state index contributed by atoms with van der Waals surface area (Å²) in [6, 6.07) is 6.59. The molecule has 2 rings (SSSR count). The Bertz CT molecular complexity index is 737. The highest BCUT2D eigenvalue weighted by atomic mass is 19.1. The number of fused-ring (bicyclic) bond motifs is 1. The van der Waals surface area contributed by atoms with Crippen LogP contribution in [0.3, 0.4) is 0 Å². The first-order valence-electron chi connectivity index (χ1n) is 7.13. The zero-order chi connectivity index (χ0) is 16.3. The number of methoxy groups -OCH3 is 1. The number of aryl methyl sites for hydroxylation is 1. The summed E-state index contributed by atoms with van der Waals surface area (Å²) >= 11 is 0. The van der Waals surface area contributed by atoms with Crippen LogP contribution in [0.1, 0.15) is 23.1 Å². The second-order valence-electron chi connectivity index (χ2n) is 5.42. The summed E-state index contributed by atoms with van der Waals surface area (Å²) in [6.45, 7) is 5.65. The number of nitrogens with two attached hydrogens (primary N) is 1. The largest absolute Gasteiger partial charge is 0.469 e. The quantitative estimate of drug-likeness (QED) is 0.861. The average molecular weight is 301 g/mol. The Labute approximate surface area is 129 Å². The van der Waals surface area contributed by atoms with Gasteiger partial charge in [0.05, 0.1) is 13.5 Å². The third-order valence-corrected chi connectivity index (χ3v) is 3.86. The standard InChI is InChI=1S/C18H20FNO2/c1-11(20)4-7-16-12(2)14(9-18(21)22-3)8-13-5-6-15(19)10-17(13)16/h5-6,8,10H,1,4,7,9,20H2,2-3H3. The lowest BCUT2D eigenvalue weighted by Gasteiger charge is -2.15. The van der Waals surface area contributed by atoms with E-state index in [0.29, 0.717) is 18.5 Å². The van der Waals surface area contributed by atoms with Crippen molar-refractivity contribution in [1.29, 1.82) is 0 Å². The summed E-state index contributed by atoms with van der Waals surface area (Å²) in [5.74, 6) is -0.570. The van der Waals surface area contributed by atoms with Crippen molar-refractivity contribution in [3.05, 3.63) is 59.0 Å². The molecular formula is C18H20FNO2. The van der Waals surface area contributed by atoms with Crippen LogP contribution < -0.4 is 5.73 Å². The fraction of sp³-hybridized carbons (Fsp3) is 0.278. The highest BCUT2D eigenvalue weighted by Crippen LogP contribution is 2.28. The van der Waals surface area contributed by atoms with Gasteiger partial charge in [0.15, 0.2) is 0 Å². The monoisotopic (exact) mass is 301 g/mol. The van der Waals surface area contributed by atoms with E-state index in [1.807, 2.05) is 13.0 Å². The number of benzene rings is 2. The predicted octanol–water partition coefficient (Wildman–Crippen LogP) is 3.41. The van der Waals surface area contributed by atoms with Crippen LogP contribution >= 0.6 is 0 Å². The van der Waals surface area contributed by atoms with Gasteiger partial charge in [-0.05, 0) is 59.4 Å². The molecule has 116 valence electrons. The smallest absolute Gasteiger partial charge is 0.309 e. The average Bonchev–Trinajstić information content (AvgIpc) is 2.47. The van der Waals surface area contributed by atoms with E-state index in [-0.39, 0.29) is 18.2 Å². The van der Waals surface area contributed by atoms with Gasteiger partial charge in [0.25, 0.3) is 0 Å². The zero-order valence-electron chi connectivity index (χ0n) is 12.9. The van der Waals surface area contributed by atoms with Crippen molar-refractivity contribution in [1.82, 2.24) is 0 Å². The molecule has 0 spiro atoms. The van der Waals surface area contributed by atoms with Crippen molar-refractivity contribution in [3.8, 4) is 0 Å². The number of carbonyl (C=O) groups excluding carboxylic acids is 1. The van der Waals surface area contributed by atoms with Gasteiger partial charge < -0.3 is 10.5 Å². The number of carbonyl (C=O) groups is 1. The molecular weight excluding hydrogens is 281 g/mol. The normalized spacial score (nSPS) is 10.7. The Morgan fingerprint density at radius 1 is 1.36 bits per heavy atom. The van der Waals surface area contributed by atoms with Crippen LogP contribution in [-0.4, -0.2) is 13.1 Å². The minimum atomic E-state index is -0.293. The molecule has 0 amide bonds. The lowest BCUT2D eigenvalue weighted by molar-refractivity contribution is -0.139. The molecule has 0 atom stereocenters. The molecule has 0 fully saturated rings. The van der Waals surface area contributed by atoms with Crippen LogP contribution in [0.25, 0.3) is 10.8 Å². The number of hydrogen-bond donors (Lipinski definition) is 1. The number of ether oxygens (including phenoxy) is 1. The molecule has 2 aromatic carbocycles. The summed E-state index contributed by atoms with van der Waals surface area (Å²) in [5.41, 5.74) is 9.12. The van der Waals surface area contributed by atoms with Gasteiger partial charge in [0, 0.05) is 5.70 Å². The Morgan fingerprint density at radius 3 is 2.73 bits per heavy atom. The summed E-state index contributed by atoms with van der Waals surface area (Å²) in [7, 11) is 1.37. The third kappa shape index (κ3) is 3.45. The van der Waals surface area contributed by atoms with Crippen LogP contribution in [0.5, 0.6) is 0 Å². The van der Waals surface area contributed by atoms with Crippen LogP contribution in [0, 0.1) is 12.7 Å². The zero-order valence-corrected chi connectivity index (χ0v) is 12.9. The number of hydrogen-bond acceptors (Lipinski definition) is 3. The molecule has 0 bridgehead atoms. The maximum absolute atomic E-state index is 13.6. The Hall–Kier alpha value is -2.36. The molecule has 3 nitrogen and oxygen atoms in total. The molecule has 0 unspecified atom stereocenters. The number of esters is 1. The number of rotatable bonds is 5. The first-order chi connectivity index (χ1) is 10.4. The van der Waals surface area contributed by atoms with E-state index in [1.54, 1.807) is 6.07 Å². The van der Waals surface area contributed by atoms with Gasteiger partial charge in [-0.1, -0.05) is 18.7 Å². The molecule has 2 N–H and O–H groups in total. The van der Waals surface area contributed by atoms with Crippen molar-refractivity contribution < 1.29 is 13.9 Å². The second kappa shape index (κ2) is 6.60. The molecule has 0 saturated carbocycles. The van der Waals surface area contributed by atoms with Gasteiger partial charge in [-0.15, -0.1) is 0 Å². The summed E-state index contributed by atoms with van der Waals surface area (Å²) in [5, 5.41) is 1.76. The van der Waals surface area contributed by atoms with Gasteiger partial charge in [-0.25, -0.2) is 4.39 Å². The van der Waals surface area contributed by atoms with Crippen LogP contribution in [0.2, 0.25) is 0 Å². The van der Waals surface area contributed by atoms with Gasteiger partial charge in [0.2, 0.25) is 0 Å². The summed E-state index contributed by atoms with van der Waals surface area (Å²) < 4.78 is 18.3. The lowest BCUT2D eigenvalue weighted by atomic mass is 9.90. The summed E-state index contributed by atoms with van der Waals surface area (Å²) in [4.78, 5) is 11.6. The van der Waals surface area contributed by atoms with Crippen molar-refractivity contribution in [3.63, 3.8) is 0 Å². The maximum atomic E-state index is 13.6. The van der Waals surface area contributed by atoms with Gasteiger partial charge in [-0.3, -0.25) is 4.79 Å². The highest BCUT2D eigenvalue weighted by Gasteiger charge is 2.14. The summed E-state index contributed by atoms with van der Waals surface area (Å²) in [6.07, 6.45) is 1.48. The van der Waals surface area contributed by atoms with Gasteiger partial charge in [0.1, 0.15) is 5.82 Å². The van der Waals surface area contributed by atoms with Crippen LogP contribution in [0.4, 0.5) is 4.39 Å². The SMILES string of the molecule is C=C(N)CCc1c(C)c(CC(=O)OC)cc2ccc(F)cc12. The molecule has 22 heavy (non-hydrogen) atoms. The van der Waals surface area contributed by atoms with Crippen molar-refractivity contribution >= 4 is 16.7 Å². The van der Waals surface area contributed by atoms with Crippen LogP contribution in [0.15, 0.2) is 36.5 Å². The number of halogens is 1. The van der Waals surface area contributed by atoms with E-state index < -0.39 is 0 Å². The molecule has 4 heteroatoms. The fourth-order valence-corrected chi connectivity index (χ4v) is 2.63. The fourth-order valence-electron chi connectivity index (χ4n) is 2.63. The minimum Gasteiger partial charge on any atom is -0.469 e. The Balaban J connectivity index is 2.58. The number of allylic oxidation sites excluding steroid dienone is 1. The molecule has 0 aromatic heterocycles. The Morgan fingerprint density at radius 2 is 2.09 bits per heavy atom.